The van der Waals surface area contributed by atoms with Gasteiger partial charge in [-0.15, -0.1) is 0 Å². The molecular weight excluding hydrogens is 236 g/mol. The topological polar surface area (TPSA) is 65.1 Å². The zero-order valence-corrected chi connectivity index (χ0v) is 10.5. The number of ether oxygens (including phenoxy) is 3. The molecule has 5 heteroatoms. The summed E-state index contributed by atoms with van der Waals surface area (Å²) in [4.78, 5) is 21.0. The molecule has 1 saturated carbocycles. The Bertz CT molecular complexity index is 337. The molecule has 100 valence electrons. The number of hydrogen-bond acceptors (Lipinski definition) is 5. The van der Waals surface area contributed by atoms with Gasteiger partial charge in [-0.2, -0.15) is 0 Å². The van der Waals surface area contributed by atoms with Crippen molar-refractivity contribution in [3.05, 3.63) is 24.8 Å². The fourth-order valence-electron chi connectivity index (χ4n) is 0.836. The van der Waals surface area contributed by atoms with E-state index in [0.717, 1.165) is 18.9 Å². The molecule has 0 aromatic carbocycles. The number of hydrogen-bond donors (Lipinski definition) is 0. The Morgan fingerprint density at radius 3 is 2.44 bits per heavy atom. The Hall–Kier alpha value is -1.62. The van der Waals surface area contributed by atoms with Crippen LogP contribution in [0.15, 0.2) is 24.8 Å². The Kier molecular flexibility index (Phi) is 5.58. The minimum absolute atomic E-state index is 0.147. The molecule has 5 nitrogen and oxygen atoms in total. The van der Waals surface area contributed by atoms with Gasteiger partial charge in [-0.05, 0) is 19.8 Å². The fraction of sp³-hybridized carbons (Fsp3) is 0.538. The second-order valence-electron chi connectivity index (χ2n) is 4.17. The van der Waals surface area contributed by atoms with E-state index in [2.05, 4.69) is 17.9 Å². The van der Waals surface area contributed by atoms with Crippen molar-refractivity contribution in [2.45, 2.75) is 32.0 Å². The van der Waals surface area contributed by atoms with Gasteiger partial charge in [-0.3, -0.25) is 0 Å². The lowest BCUT2D eigenvalue weighted by Gasteiger charge is -1.98. The smallest absolute Gasteiger partial charge is 0.333 e. The van der Waals surface area contributed by atoms with Gasteiger partial charge in [0.1, 0.15) is 18.8 Å². The number of rotatable bonds is 5. The van der Waals surface area contributed by atoms with Crippen LogP contribution in [-0.2, 0) is 23.8 Å². The third-order valence-corrected chi connectivity index (χ3v) is 2.13. The first kappa shape index (κ1) is 14.4. The lowest BCUT2D eigenvalue weighted by molar-refractivity contribution is -0.140. The molecule has 0 N–H and O–H groups in total. The van der Waals surface area contributed by atoms with Crippen molar-refractivity contribution in [1.29, 1.82) is 0 Å². The molecular formula is C13H18O5. The van der Waals surface area contributed by atoms with E-state index in [9.17, 15) is 9.59 Å². The van der Waals surface area contributed by atoms with Crippen molar-refractivity contribution in [2.24, 2.45) is 0 Å². The zero-order chi connectivity index (χ0) is 13.5. The highest BCUT2D eigenvalue weighted by Crippen LogP contribution is 2.24. The van der Waals surface area contributed by atoms with Crippen LogP contribution < -0.4 is 0 Å². The van der Waals surface area contributed by atoms with Crippen LogP contribution in [0.4, 0.5) is 0 Å². The highest BCUT2D eigenvalue weighted by Gasteiger charge is 2.25. The standard InChI is InChI=1S/C7H10O2.C6H8O3/c1-5(2)7(8)9-6-3-4-6;1-2-6(7)9-4-5-3-8-5/h6H,1,3-4H2,2H3;2,5H,1,3-4H2. The first-order valence-electron chi connectivity index (χ1n) is 5.80. The maximum absolute atomic E-state index is 10.7. The predicted molar refractivity (Wildman–Crippen MR) is 64.8 cm³/mol. The molecule has 1 heterocycles. The molecule has 1 aliphatic carbocycles. The largest absolute Gasteiger partial charge is 0.460 e. The summed E-state index contributed by atoms with van der Waals surface area (Å²) in [5.41, 5.74) is 0.488. The van der Waals surface area contributed by atoms with E-state index in [1.165, 1.54) is 0 Å². The summed E-state index contributed by atoms with van der Waals surface area (Å²) in [6.45, 7) is 9.44. The van der Waals surface area contributed by atoms with Crippen molar-refractivity contribution in [3.63, 3.8) is 0 Å². The quantitative estimate of drug-likeness (QED) is 0.421. The summed E-state index contributed by atoms with van der Waals surface area (Å²) in [6, 6.07) is 0. The third kappa shape index (κ3) is 6.85. The third-order valence-electron chi connectivity index (χ3n) is 2.13. The van der Waals surface area contributed by atoms with E-state index in [4.69, 9.17) is 9.47 Å². The normalized spacial score (nSPS) is 19.9. The lowest BCUT2D eigenvalue weighted by atomic mass is 10.4. The maximum Gasteiger partial charge on any atom is 0.333 e. The van der Waals surface area contributed by atoms with Crippen molar-refractivity contribution >= 4 is 11.9 Å². The van der Waals surface area contributed by atoms with Crippen LogP contribution in [0.3, 0.4) is 0 Å². The van der Waals surface area contributed by atoms with Crippen molar-refractivity contribution < 1.29 is 23.8 Å². The monoisotopic (exact) mass is 254 g/mol. The van der Waals surface area contributed by atoms with Crippen molar-refractivity contribution in [1.82, 2.24) is 0 Å². The molecule has 1 atom stereocenters. The number of carbonyl (C=O) groups excluding carboxylic acids is 2. The van der Waals surface area contributed by atoms with Gasteiger partial charge in [0.15, 0.2) is 0 Å². The Balaban J connectivity index is 0.000000180. The Morgan fingerprint density at radius 2 is 2.06 bits per heavy atom. The lowest BCUT2D eigenvalue weighted by Crippen LogP contribution is -2.06. The molecule has 0 amide bonds. The molecule has 0 bridgehead atoms. The average molecular weight is 254 g/mol. The van der Waals surface area contributed by atoms with Gasteiger partial charge in [0.05, 0.1) is 6.61 Å². The molecule has 2 aliphatic rings. The summed E-state index contributed by atoms with van der Waals surface area (Å²) in [5, 5.41) is 0. The van der Waals surface area contributed by atoms with E-state index >= 15 is 0 Å². The van der Waals surface area contributed by atoms with Crippen LogP contribution in [0.25, 0.3) is 0 Å². The molecule has 2 fully saturated rings. The van der Waals surface area contributed by atoms with Crippen molar-refractivity contribution in [3.8, 4) is 0 Å². The van der Waals surface area contributed by atoms with E-state index in [-0.39, 0.29) is 24.1 Å². The SMILES string of the molecule is C=C(C)C(=O)OC1CC1.C=CC(=O)OCC1CO1. The fourth-order valence-corrected chi connectivity index (χ4v) is 0.836. The van der Waals surface area contributed by atoms with Crippen LogP contribution in [0, 0.1) is 0 Å². The van der Waals surface area contributed by atoms with Gasteiger partial charge < -0.3 is 14.2 Å². The number of esters is 2. The van der Waals surface area contributed by atoms with Gasteiger partial charge >= 0.3 is 11.9 Å². The van der Waals surface area contributed by atoms with E-state index < -0.39 is 0 Å². The summed E-state index contributed by atoms with van der Waals surface area (Å²) in [5.74, 6) is -0.636. The van der Waals surface area contributed by atoms with E-state index in [1.54, 1.807) is 6.92 Å². The van der Waals surface area contributed by atoms with Gasteiger partial charge in [-0.25, -0.2) is 9.59 Å². The molecule has 1 aliphatic heterocycles. The van der Waals surface area contributed by atoms with Crippen LogP contribution in [0.1, 0.15) is 19.8 Å². The van der Waals surface area contributed by atoms with Crippen LogP contribution in [-0.4, -0.2) is 37.4 Å². The highest BCUT2D eigenvalue weighted by atomic mass is 16.6. The highest BCUT2D eigenvalue weighted by molar-refractivity contribution is 5.87. The molecule has 0 radical (unpaired) electrons. The molecule has 18 heavy (non-hydrogen) atoms. The predicted octanol–water partition coefficient (Wildman–Crippen LogP) is 1.38. The molecule has 0 aromatic heterocycles. The summed E-state index contributed by atoms with van der Waals surface area (Å²) >= 11 is 0. The van der Waals surface area contributed by atoms with E-state index in [0.29, 0.717) is 18.8 Å². The van der Waals surface area contributed by atoms with Gasteiger partial charge in [0, 0.05) is 11.6 Å². The number of carbonyl (C=O) groups is 2. The van der Waals surface area contributed by atoms with Gasteiger partial charge in [-0.1, -0.05) is 13.2 Å². The second-order valence-corrected chi connectivity index (χ2v) is 4.17. The molecule has 0 spiro atoms. The molecule has 2 rings (SSSR count). The zero-order valence-electron chi connectivity index (χ0n) is 10.5. The van der Waals surface area contributed by atoms with Crippen LogP contribution in [0.2, 0.25) is 0 Å². The van der Waals surface area contributed by atoms with Crippen LogP contribution >= 0.6 is 0 Å². The summed E-state index contributed by atoms with van der Waals surface area (Å²) in [6.07, 6.45) is 3.54. The first-order chi connectivity index (χ1) is 8.52. The van der Waals surface area contributed by atoms with Crippen molar-refractivity contribution in [2.75, 3.05) is 13.2 Å². The minimum Gasteiger partial charge on any atom is -0.460 e. The molecule has 0 aromatic rings. The Labute approximate surface area is 106 Å². The first-order valence-corrected chi connectivity index (χ1v) is 5.80. The molecule has 1 saturated heterocycles. The molecule has 1 unspecified atom stereocenters. The summed E-state index contributed by atoms with van der Waals surface area (Å²) in [7, 11) is 0. The van der Waals surface area contributed by atoms with E-state index in [1.807, 2.05) is 0 Å². The maximum atomic E-state index is 10.7. The average Bonchev–Trinajstić information content (AvgIpc) is 3.20. The number of epoxide rings is 1. The van der Waals surface area contributed by atoms with Crippen LogP contribution in [0.5, 0.6) is 0 Å². The van der Waals surface area contributed by atoms with Gasteiger partial charge in [0.25, 0.3) is 0 Å². The Morgan fingerprint density at radius 1 is 1.44 bits per heavy atom. The van der Waals surface area contributed by atoms with Gasteiger partial charge in [0.2, 0.25) is 0 Å². The minimum atomic E-state index is -0.384. The second kappa shape index (κ2) is 6.96. The summed E-state index contributed by atoms with van der Waals surface area (Å²) < 4.78 is 14.3.